The molecule has 2 heterocycles. The van der Waals surface area contributed by atoms with E-state index in [1.54, 1.807) is 6.92 Å². The van der Waals surface area contributed by atoms with Crippen molar-refractivity contribution in [2.24, 2.45) is 0 Å². The molecule has 0 aliphatic carbocycles. The van der Waals surface area contributed by atoms with Crippen molar-refractivity contribution in [1.29, 1.82) is 0 Å². The summed E-state index contributed by atoms with van der Waals surface area (Å²) < 4.78 is 38.1. The van der Waals surface area contributed by atoms with E-state index in [-0.39, 0.29) is 17.1 Å². The van der Waals surface area contributed by atoms with Gasteiger partial charge < -0.3 is 0 Å². The van der Waals surface area contributed by atoms with Gasteiger partial charge >= 0.3 is 6.18 Å². The molecular formula is C10H8F3N3OS. The monoisotopic (exact) mass is 275 g/mol. The molecule has 0 saturated heterocycles. The number of thiazole rings is 1. The van der Waals surface area contributed by atoms with Gasteiger partial charge in [0.15, 0.2) is 5.69 Å². The number of aromatic nitrogens is 3. The Balaban J connectivity index is 2.24. The number of halogens is 3. The Morgan fingerprint density at radius 3 is 2.72 bits per heavy atom. The maximum atomic E-state index is 12.3. The molecule has 0 spiro atoms. The van der Waals surface area contributed by atoms with Gasteiger partial charge in [0.1, 0.15) is 5.01 Å². The third-order valence-electron chi connectivity index (χ3n) is 2.13. The Hall–Kier alpha value is -1.70. The molecule has 0 radical (unpaired) electrons. The molecule has 96 valence electrons. The van der Waals surface area contributed by atoms with Crippen LogP contribution < -0.4 is 5.56 Å². The summed E-state index contributed by atoms with van der Waals surface area (Å²) in [5.41, 5.74) is -0.604. The van der Waals surface area contributed by atoms with Gasteiger partial charge in [0, 0.05) is 11.4 Å². The van der Waals surface area contributed by atoms with Crippen LogP contribution in [0.25, 0.3) is 0 Å². The summed E-state index contributed by atoms with van der Waals surface area (Å²) in [7, 11) is 0. The van der Waals surface area contributed by atoms with Crippen LogP contribution in [0.1, 0.15) is 16.3 Å². The Morgan fingerprint density at radius 1 is 1.44 bits per heavy atom. The van der Waals surface area contributed by atoms with Gasteiger partial charge in [-0.15, -0.1) is 11.3 Å². The van der Waals surface area contributed by atoms with Crippen LogP contribution >= 0.6 is 11.3 Å². The number of hydrogen-bond acceptors (Lipinski definition) is 4. The number of rotatable bonds is 2. The average Bonchev–Trinajstić information content (AvgIpc) is 2.70. The quantitative estimate of drug-likeness (QED) is 0.843. The average molecular weight is 275 g/mol. The molecule has 2 aromatic rings. The standard InChI is InChI=1S/C10H8F3N3OS/c1-6-2-9(17)16(14-3-6)4-8-15-7(5-18-8)10(11,12)13/h2-3,5H,4H2,1H3. The molecule has 0 N–H and O–H groups in total. The topological polar surface area (TPSA) is 47.8 Å². The van der Waals surface area contributed by atoms with Crippen molar-refractivity contribution in [3.63, 3.8) is 0 Å². The van der Waals surface area contributed by atoms with E-state index in [0.29, 0.717) is 5.56 Å². The minimum absolute atomic E-state index is 0.0557. The first-order chi connectivity index (χ1) is 8.36. The lowest BCUT2D eigenvalue weighted by molar-refractivity contribution is -0.140. The van der Waals surface area contributed by atoms with Gasteiger partial charge in [-0.1, -0.05) is 0 Å². The van der Waals surface area contributed by atoms with Crippen LogP contribution in [-0.2, 0) is 12.7 Å². The Kier molecular flexibility index (Phi) is 3.20. The van der Waals surface area contributed by atoms with E-state index in [2.05, 4.69) is 10.1 Å². The van der Waals surface area contributed by atoms with Crippen molar-refractivity contribution in [2.45, 2.75) is 19.6 Å². The van der Waals surface area contributed by atoms with E-state index in [4.69, 9.17) is 0 Å². The number of aryl methyl sites for hydroxylation is 1. The van der Waals surface area contributed by atoms with E-state index in [9.17, 15) is 18.0 Å². The predicted octanol–water partition coefficient (Wildman–Crippen LogP) is 2.08. The van der Waals surface area contributed by atoms with Crippen molar-refractivity contribution in [1.82, 2.24) is 14.8 Å². The summed E-state index contributed by atoms with van der Waals surface area (Å²) in [6.07, 6.45) is -2.99. The van der Waals surface area contributed by atoms with Crippen molar-refractivity contribution in [3.05, 3.63) is 44.3 Å². The molecule has 0 fully saturated rings. The van der Waals surface area contributed by atoms with Crippen LogP contribution in [0.4, 0.5) is 13.2 Å². The van der Waals surface area contributed by atoms with Crippen molar-refractivity contribution < 1.29 is 13.2 Å². The largest absolute Gasteiger partial charge is 0.434 e. The second kappa shape index (κ2) is 4.52. The molecule has 0 unspecified atom stereocenters. The van der Waals surface area contributed by atoms with Gasteiger partial charge in [-0.3, -0.25) is 4.79 Å². The highest BCUT2D eigenvalue weighted by atomic mass is 32.1. The van der Waals surface area contributed by atoms with E-state index >= 15 is 0 Å². The minimum Gasteiger partial charge on any atom is -0.268 e. The Bertz CT molecular complexity index is 617. The van der Waals surface area contributed by atoms with Crippen LogP contribution in [0.5, 0.6) is 0 Å². The molecule has 2 aromatic heterocycles. The maximum absolute atomic E-state index is 12.3. The SMILES string of the molecule is Cc1cnn(Cc2nc(C(F)(F)F)cs2)c(=O)c1. The van der Waals surface area contributed by atoms with Crippen molar-refractivity contribution in [2.75, 3.05) is 0 Å². The second-order valence-electron chi connectivity index (χ2n) is 3.65. The number of hydrogen-bond donors (Lipinski definition) is 0. The summed E-state index contributed by atoms with van der Waals surface area (Å²) in [5, 5.41) is 4.95. The third kappa shape index (κ3) is 2.76. The van der Waals surface area contributed by atoms with Gasteiger partial charge in [-0.2, -0.15) is 18.3 Å². The Morgan fingerprint density at radius 2 is 2.17 bits per heavy atom. The molecule has 2 rings (SSSR count). The molecule has 18 heavy (non-hydrogen) atoms. The van der Waals surface area contributed by atoms with E-state index in [0.717, 1.165) is 21.4 Å². The molecular weight excluding hydrogens is 267 g/mol. The van der Waals surface area contributed by atoms with Crippen LogP contribution in [0.15, 0.2) is 22.4 Å². The highest BCUT2D eigenvalue weighted by Crippen LogP contribution is 2.29. The van der Waals surface area contributed by atoms with Gasteiger partial charge in [-0.05, 0) is 12.5 Å². The molecule has 0 atom stereocenters. The van der Waals surface area contributed by atoms with Crippen LogP contribution in [0.2, 0.25) is 0 Å². The first-order valence-electron chi connectivity index (χ1n) is 4.91. The fraction of sp³-hybridized carbons (Fsp3) is 0.300. The summed E-state index contributed by atoms with van der Waals surface area (Å²) in [6.45, 7) is 1.66. The van der Waals surface area contributed by atoms with Crippen LogP contribution in [0.3, 0.4) is 0 Å². The third-order valence-corrected chi connectivity index (χ3v) is 2.97. The fourth-order valence-electron chi connectivity index (χ4n) is 1.28. The van der Waals surface area contributed by atoms with E-state index in [1.165, 1.54) is 12.3 Å². The van der Waals surface area contributed by atoms with Gasteiger partial charge in [0.25, 0.3) is 5.56 Å². The molecule has 4 nitrogen and oxygen atoms in total. The smallest absolute Gasteiger partial charge is 0.268 e. The molecule has 0 aliphatic heterocycles. The summed E-state index contributed by atoms with van der Waals surface area (Å²) in [5.74, 6) is 0. The fourth-order valence-corrected chi connectivity index (χ4v) is 2.07. The highest BCUT2D eigenvalue weighted by molar-refractivity contribution is 7.09. The molecule has 0 saturated carbocycles. The zero-order valence-corrected chi connectivity index (χ0v) is 10.0. The number of nitrogens with zero attached hydrogens (tertiary/aromatic N) is 3. The first kappa shape index (κ1) is 12.7. The van der Waals surface area contributed by atoms with E-state index < -0.39 is 11.9 Å². The first-order valence-corrected chi connectivity index (χ1v) is 5.79. The maximum Gasteiger partial charge on any atom is 0.434 e. The van der Waals surface area contributed by atoms with Crippen LogP contribution in [-0.4, -0.2) is 14.8 Å². The van der Waals surface area contributed by atoms with Gasteiger partial charge in [0.2, 0.25) is 0 Å². The second-order valence-corrected chi connectivity index (χ2v) is 4.60. The molecule has 0 bridgehead atoms. The highest BCUT2D eigenvalue weighted by Gasteiger charge is 2.33. The normalized spacial score (nSPS) is 11.8. The molecule has 0 aliphatic rings. The molecule has 0 amide bonds. The van der Waals surface area contributed by atoms with Crippen LogP contribution in [0, 0.1) is 6.92 Å². The Labute approximate surface area is 104 Å². The minimum atomic E-state index is -4.46. The lowest BCUT2D eigenvalue weighted by atomic mass is 10.3. The summed E-state index contributed by atoms with van der Waals surface area (Å²) in [4.78, 5) is 14.9. The lowest BCUT2D eigenvalue weighted by Gasteiger charge is -2.02. The molecule has 8 heteroatoms. The van der Waals surface area contributed by atoms with Gasteiger partial charge in [0.05, 0.1) is 12.7 Å². The lowest BCUT2D eigenvalue weighted by Crippen LogP contribution is -2.22. The van der Waals surface area contributed by atoms with Gasteiger partial charge in [-0.25, -0.2) is 9.67 Å². The predicted molar refractivity (Wildman–Crippen MR) is 59.5 cm³/mol. The molecule has 0 aromatic carbocycles. The number of alkyl halides is 3. The zero-order chi connectivity index (χ0) is 13.3. The van der Waals surface area contributed by atoms with E-state index in [1.807, 2.05) is 0 Å². The summed E-state index contributed by atoms with van der Waals surface area (Å²) in [6, 6.07) is 1.37. The summed E-state index contributed by atoms with van der Waals surface area (Å²) >= 11 is 0.853. The zero-order valence-electron chi connectivity index (χ0n) is 9.23. The van der Waals surface area contributed by atoms with Crippen molar-refractivity contribution in [3.8, 4) is 0 Å². The van der Waals surface area contributed by atoms with Crippen molar-refractivity contribution >= 4 is 11.3 Å².